The average molecular weight is 521 g/mol. The predicted octanol–water partition coefficient (Wildman–Crippen LogP) is 2.99. The summed E-state index contributed by atoms with van der Waals surface area (Å²) in [5.74, 6) is 1.68. The number of hydrogen-bond acceptors (Lipinski definition) is 8. The smallest absolute Gasteiger partial charge is 0.251 e. The number of amides is 2. The Hall–Kier alpha value is -4.15. The zero-order chi connectivity index (χ0) is 26.5. The van der Waals surface area contributed by atoms with Crippen LogP contribution in [-0.4, -0.2) is 64.4 Å². The second-order valence-corrected chi connectivity index (χ2v) is 9.48. The van der Waals surface area contributed by atoms with Crippen LogP contribution < -0.4 is 24.4 Å². The third-order valence-corrected chi connectivity index (χ3v) is 6.87. The summed E-state index contributed by atoms with van der Waals surface area (Å²) < 4.78 is 16.6. The molecule has 0 radical (unpaired) electrons. The van der Waals surface area contributed by atoms with Gasteiger partial charge in [-0.25, -0.2) is 0 Å². The summed E-state index contributed by atoms with van der Waals surface area (Å²) in [7, 11) is 1.60. The number of aromatic nitrogens is 4. The predicted molar refractivity (Wildman–Crippen MR) is 139 cm³/mol. The number of tetrazole rings is 1. The van der Waals surface area contributed by atoms with Gasteiger partial charge in [0.2, 0.25) is 11.7 Å². The maximum Gasteiger partial charge on any atom is 0.251 e. The van der Waals surface area contributed by atoms with Crippen molar-refractivity contribution in [2.45, 2.75) is 57.7 Å². The summed E-state index contributed by atoms with van der Waals surface area (Å²) in [6.45, 7) is 2.41. The van der Waals surface area contributed by atoms with Crippen LogP contribution in [0.4, 0.5) is 5.69 Å². The van der Waals surface area contributed by atoms with E-state index in [1.165, 1.54) is 16.1 Å². The number of anilines is 1. The minimum atomic E-state index is -0.767. The molecular weight excluding hydrogens is 488 g/mol. The van der Waals surface area contributed by atoms with E-state index in [0.717, 1.165) is 31.2 Å². The van der Waals surface area contributed by atoms with E-state index in [1.54, 1.807) is 44.4 Å². The zero-order valence-electron chi connectivity index (χ0n) is 21.6. The first kappa shape index (κ1) is 25.5. The van der Waals surface area contributed by atoms with Crippen molar-refractivity contribution in [3.05, 3.63) is 42.5 Å². The van der Waals surface area contributed by atoms with E-state index in [0.29, 0.717) is 42.0 Å². The molecule has 0 bridgehead atoms. The average Bonchev–Trinajstić information content (AvgIpc) is 3.42. The van der Waals surface area contributed by atoms with Crippen LogP contribution in [-0.2, 0) is 16.1 Å². The standard InChI is InChI=1S/C27H32N6O5/c1-18(27(35)28-20-6-4-3-5-7-20)33(21-10-13-23-24(16-21)38-15-14-37-23)25(34)17-32-30-26(29-31-32)19-8-11-22(36-2)12-9-19/h8-13,16,18,20H,3-7,14-15,17H2,1-2H3,(H,28,35)/t18-/m0/s1. The molecule has 1 aromatic heterocycles. The lowest BCUT2D eigenvalue weighted by Gasteiger charge is -2.31. The van der Waals surface area contributed by atoms with Crippen LogP contribution in [0, 0.1) is 0 Å². The fourth-order valence-electron chi connectivity index (χ4n) is 4.81. The molecule has 2 aromatic carbocycles. The highest BCUT2D eigenvalue weighted by molar-refractivity contribution is 6.00. The summed E-state index contributed by atoms with van der Waals surface area (Å²) >= 11 is 0. The summed E-state index contributed by atoms with van der Waals surface area (Å²) in [5, 5.41) is 15.7. The van der Waals surface area contributed by atoms with Crippen LogP contribution in [0.5, 0.6) is 17.2 Å². The van der Waals surface area contributed by atoms with Gasteiger partial charge in [-0.1, -0.05) is 19.3 Å². The van der Waals surface area contributed by atoms with E-state index in [4.69, 9.17) is 14.2 Å². The molecule has 2 amide bonds. The number of benzene rings is 2. The van der Waals surface area contributed by atoms with Gasteiger partial charge in [0.1, 0.15) is 31.5 Å². The van der Waals surface area contributed by atoms with Crippen molar-refractivity contribution in [1.82, 2.24) is 25.5 Å². The van der Waals surface area contributed by atoms with Gasteiger partial charge in [0, 0.05) is 23.4 Å². The highest BCUT2D eigenvalue weighted by atomic mass is 16.6. The largest absolute Gasteiger partial charge is 0.497 e. The molecular formula is C27H32N6O5. The summed E-state index contributed by atoms with van der Waals surface area (Å²) in [5.41, 5.74) is 1.27. The Kier molecular flexibility index (Phi) is 7.71. The molecule has 1 aliphatic carbocycles. The molecule has 200 valence electrons. The Bertz CT molecular complexity index is 1270. The van der Waals surface area contributed by atoms with Gasteiger partial charge in [-0.15, -0.1) is 10.2 Å². The quantitative estimate of drug-likeness (QED) is 0.481. The maximum absolute atomic E-state index is 13.7. The van der Waals surface area contributed by atoms with Gasteiger partial charge in [-0.3, -0.25) is 14.5 Å². The number of nitrogens with zero attached hydrogens (tertiary/aromatic N) is 5. The van der Waals surface area contributed by atoms with Crippen LogP contribution in [0.1, 0.15) is 39.0 Å². The Balaban J connectivity index is 1.37. The number of fused-ring (bicyclic) bond motifs is 1. The number of carbonyl (C=O) groups is 2. The van der Waals surface area contributed by atoms with E-state index in [1.807, 2.05) is 12.1 Å². The van der Waals surface area contributed by atoms with Crippen LogP contribution in [0.3, 0.4) is 0 Å². The zero-order valence-corrected chi connectivity index (χ0v) is 21.6. The summed E-state index contributed by atoms with van der Waals surface area (Å²) in [4.78, 5) is 29.7. The number of nitrogens with one attached hydrogen (secondary N) is 1. The molecule has 1 N–H and O–H groups in total. The molecule has 11 nitrogen and oxygen atoms in total. The van der Waals surface area contributed by atoms with Crippen LogP contribution >= 0.6 is 0 Å². The van der Waals surface area contributed by atoms with Gasteiger partial charge in [-0.2, -0.15) is 4.80 Å². The van der Waals surface area contributed by atoms with E-state index >= 15 is 0 Å². The van der Waals surface area contributed by atoms with Gasteiger partial charge in [0.05, 0.1) is 7.11 Å². The molecule has 11 heteroatoms. The lowest BCUT2D eigenvalue weighted by atomic mass is 9.95. The Morgan fingerprint density at radius 3 is 2.55 bits per heavy atom. The minimum absolute atomic E-state index is 0.125. The minimum Gasteiger partial charge on any atom is -0.497 e. The van der Waals surface area contributed by atoms with Crippen LogP contribution in [0.2, 0.25) is 0 Å². The molecule has 0 unspecified atom stereocenters. The highest BCUT2D eigenvalue weighted by Gasteiger charge is 2.31. The molecule has 0 saturated heterocycles. The molecule has 0 spiro atoms. The highest BCUT2D eigenvalue weighted by Crippen LogP contribution is 2.35. The van der Waals surface area contributed by atoms with Crippen LogP contribution in [0.15, 0.2) is 42.5 Å². The number of carbonyl (C=O) groups excluding carboxylic acids is 2. The van der Waals surface area contributed by atoms with Crippen molar-refractivity contribution in [1.29, 1.82) is 0 Å². The van der Waals surface area contributed by atoms with Crippen LogP contribution in [0.25, 0.3) is 11.4 Å². The molecule has 2 heterocycles. The Morgan fingerprint density at radius 2 is 1.82 bits per heavy atom. The molecule has 38 heavy (non-hydrogen) atoms. The lowest BCUT2D eigenvalue weighted by Crippen LogP contribution is -2.51. The van der Waals surface area contributed by atoms with Crippen molar-refractivity contribution in [2.75, 3.05) is 25.2 Å². The Morgan fingerprint density at radius 1 is 1.08 bits per heavy atom. The fourth-order valence-corrected chi connectivity index (χ4v) is 4.81. The molecule has 1 atom stereocenters. The second kappa shape index (κ2) is 11.5. The fraction of sp³-hybridized carbons (Fsp3) is 0.444. The second-order valence-electron chi connectivity index (χ2n) is 9.48. The van der Waals surface area contributed by atoms with Crippen molar-refractivity contribution >= 4 is 17.5 Å². The van der Waals surface area contributed by atoms with Gasteiger partial charge in [-0.05, 0) is 61.4 Å². The summed E-state index contributed by atoms with van der Waals surface area (Å²) in [6.07, 6.45) is 5.28. The molecule has 5 rings (SSSR count). The van der Waals surface area contributed by atoms with Gasteiger partial charge in [0.25, 0.3) is 5.91 Å². The van der Waals surface area contributed by atoms with Crippen molar-refractivity contribution < 1.29 is 23.8 Å². The number of ether oxygens (including phenoxy) is 3. The van der Waals surface area contributed by atoms with Gasteiger partial charge < -0.3 is 19.5 Å². The third-order valence-electron chi connectivity index (χ3n) is 6.87. The van der Waals surface area contributed by atoms with E-state index < -0.39 is 6.04 Å². The number of rotatable bonds is 8. The van der Waals surface area contributed by atoms with Crippen molar-refractivity contribution in [3.8, 4) is 28.6 Å². The molecule has 1 aliphatic heterocycles. The Labute approximate surface area is 221 Å². The van der Waals surface area contributed by atoms with E-state index in [2.05, 4.69) is 20.7 Å². The molecule has 1 saturated carbocycles. The first-order valence-electron chi connectivity index (χ1n) is 13.0. The van der Waals surface area contributed by atoms with E-state index in [9.17, 15) is 9.59 Å². The third kappa shape index (κ3) is 5.71. The van der Waals surface area contributed by atoms with Crippen molar-refractivity contribution in [3.63, 3.8) is 0 Å². The number of hydrogen-bond donors (Lipinski definition) is 1. The normalized spacial score (nSPS) is 15.9. The first-order chi connectivity index (χ1) is 18.5. The number of methoxy groups -OCH3 is 1. The summed E-state index contributed by atoms with van der Waals surface area (Å²) in [6, 6.07) is 11.8. The maximum atomic E-state index is 13.7. The van der Waals surface area contributed by atoms with Gasteiger partial charge >= 0.3 is 0 Å². The topological polar surface area (TPSA) is 121 Å². The molecule has 1 fully saturated rings. The van der Waals surface area contributed by atoms with Crippen molar-refractivity contribution in [2.24, 2.45) is 0 Å². The van der Waals surface area contributed by atoms with Gasteiger partial charge in [0.15, 0.2) is 11.5 Å². The SMILES string of the molecule is COc1ccc(-c2nnn(CC(=O)N(c3ccc4c(c3)OCCO4)[C@@H](C)C(=O)NC3CCCCC3)n2)cc1. The molecule has 2 aliphatic rings. The molecule has 3 aromatic rings. The monoisotopic (exact) mass is 520 g/mol. The first-order valence-corrected chi connectivity index (χ1v) is 13.0. The van der Waals surface area contributed by atoms with E-state index in [-0.39, 0.29) is 24.4 Å². The lowest BCUT2D eigenvalue weighted by molar-refractivity contribution is -0.127.